The molecule has 2 aromatic heterocycles. The number of carbonyl (C=O) groups excluding carboxylic acids is 1. The van der Waals surface area contributed by atoms with E-state index in [4.69, 9.17) is 21.1 Å². The highest BCUT2D eigenvalue weighted by Gasteiger charge is 2.16. The molecular formula is C16H13ClN2O3S2. The molecule has 2 heterocycles. The molecule has 0 bridgehead atoms. The summed E-state index contributed by atoms with van der Waals surface area (Å²) in [6.45, 7) is 0. The highest BCUT2D eigenvalue weighted by atomic mass is 35.5. The van der Waals surface area contributed by atoms with E-state index in [1.165, 1.54) is 25.6 Å². The Kier molecular flexibility index (Phi) is 5.03. The van der Waals surface area contributed by atoms with Gasteiger partial charge in [-0.2, -0.15) is 0 Å². The van der Waals surface area contributed by atoms with Crippen molar-refractivity contribution < 1.29 is 14.3 Å². The maximum atomic E-state index is 12.4. The first-order valence-corrected chi connectivity index (χ1v) is 8.98. The van der Waals surface area contributed by atoms with Crippen molar-refractivity contribution in [3.05, 3.63) is 45.7 Å². The van der Waals surface area contributed by atoms with E-state index in [2.05, 4.69) is 10.3 Å². The van der Waals surface area contributed by atoms with Crippen LogP contribution in [0, 0.1) is 0 Å². The van der Waals surface area contributed by atoms with E-state index < -0.39 is 0 Å². The summed E-state index contributed by atoms with van der Waals surface area (Å²) in [5, 5.41) is 7.62. The lowest BCUT2D eigenvalue weighted by Crippen LogP contribution is -2.12. The van der Waals surface area contributed by atoms with Crippen LogP contribution in [0.15, 0.2) is 35.0 Å². The van der Waals surface area contributed by atoms with Gasteiger partial charge in [0, 0.05) is 17.5 Å². The molecule has 8 heteroatoms. The number of hydrogen-bond donors (Lipinski definition) is 1. The van der Waals surface area contributed by atoms with E-state index in [-0.39, 0.29) is 5.91 Å². The topological polar surface area (TPSA) is 60.5 Å². The van der Waals surface area contributed by atoms with Gasteiger partial charge in [0.05, 0.1) is 29.8 Å². The molecule has 24 heavy (non-hydrogen) atoms. The third-order valence-corrected chi connectivity index (χ3v) is 5.38. The fourth-order valence-corrected chi connectivity index (χ4v) is 3.84. The highest BCUT2D eigenvalue weighted by Crippen LogP contribution is 2.36. The predicted octanol–water partition coefficient (Wildman–Crippen LogP) is 4.79. The number of ether oxygens (including phenoxy) is 2. The molecule has 0 aliphatic rings. The summed E-state index contributed by atoms with van der Waals surface area (Å²) >= 11 is 9.19. The van der Waals surface area contributed by atoms with Crippen LogP contribution < -0.4 is 14.8 Å². The lowest BCUT2D eigenvalue weighted by molar-refractivity contribution is 0.102. The number of thiazole rings is 1. The van der Waals surface area contributed by atoms with Gasteiger partial charge in [-0.1, -0.05) is 17.7 Å². The Bertz CT molecular complexity index is 862. The molecule has 0 aliphatic heterocycles. The Morgan fingerprint density at radius 3 is 2.62 bits per heavy atom. The van der Waals surface area contributed by atoms with Gasteiger partial charge in [0.15, 0.2) is 11.5 Å². The van der Waals surface area contributed by atoms with Gasteiger partial charge in [-0.05, 0) is 11.4 Å². The van der Waals surface area contributed by atoms with Crippen LogP contribution in [0.5, 0.6) is 11.5 Å². The van der Waals surface area contributed by atoms with Crippen molar-refractivity contribution in [1.82, 2.24) is 4.98 Å². The molecule has 5 nitrogen and oxygen atoms in total. The molecular weight excluding hydrogens is 368 g/mol. The maximum absolute atomic E-state index is 12.4. The van der Waals surface area contributed by atoms with E-state index in [0.29, 0.717) is 27.9 Å². The summed E-state index contributed by atoms with van der Waals surface area (Å²) < 4.78 is 10.4. The summed E-state index contributed by atoms with van der Waals surface area (Å²) in [6, 6.07) is 7.13. The minimum atomic E-state index is -0.330. The summed E-state index contributed by atoms with van der Waals surface area (Å²) in [5.74, 6) is 0.645. The predicted molar refractivity (Wildman–Crippen MR) is 97.9 cm³/mol. The maximum Gasteiger partial charge on any atom is 0.275 e. The standard InChI is InChI=1S/C16H13ClN2O3S2/c1-21-12-6-9(17)10(7-13(12)22-2)18-15(20)11-8-24-16(19-11)14-4-3-5-23-14/h3-8H,1-2H3,(H,18,20). The van der Waals surface area contributed by atoms with Crippen LogP contribution in [0.4, 0.5) is 5.69 Å². The van der Waals surface area contributed by atoms with Gasteiger partial charge in [-0.3, -0.25) is 4.79 Å². The molecule has 0 fully saturated rings. The Morgan fingerprint density at radius 1 is 1.21 bits per heavy atom. The fourth-order valence-electron chi connectivity index (χ4n) is 2.03. The minimum Gasteiger partial charge on any atom is -0.493 e. The SMILES string of the molecule is COc1cc(Cl)c(NC(=O)c2csc(-c3cccs3)n2)cc1OC. The monoisotopic (exact) mass is 380 g/mol. The van der Waals surface area contributed by atoms with E-state index in [1.54, 1.807) is 28.8 Å². The number of methoxy groups -OCH3 is 2. The summed E-state index contributed by atoms with van der Waals surface area (Å²) in [6.07, 6.45) is 0. The first-order chi connectivity index (χ1) is 11.6. The zero-order chi connectivity index (χ0) is 17.1. The number of hydrogen-bond acceptors (Lipinski definition) is 6. The largest absolute Gasteiger partial charge is 0.493 e. The number of amides is 1. The second kappa shape index (κ2) is 7.21. The summed E-state index contributed by atoms with van der Waals surface area (Å²) in [4.78, 5) is 17.8. The lowest BCUT2D eigenvalue weighted by Gasteiger charge is -2.12. The molecule has 3 rings (SSSR count). The molecule has 0 spiro atoms. The van der Waals surface area contributed by atoms with Crippen LogP contribution in [0.3, 0.4) is 0 Å². The molecule has 0 unspecified atom stereocenters. The lowest BCUT2D eigenvalue weighted by atomic mass is 10.2. The quantitative estimate of drug-likeness (QED) is 0.691. The molecule has 1 aromatic carbocycles. The van der Waals surface area contributed by atoms with Gasteiger partial charge in [-0.25, -0.2) is 4.98 Å². The second-order valence-electron chi connectivity index (χ2n) is 4.66. The third kappa shape index (κ3) is 3.38. The zero-order valence-electron chi connectivity index (χ0n) is 12.8. The normalized spacial score (nSPS) is 10.5. The Morgan fingerprint density at radius 2 is 1.96 bits per heavy atom. The van der Waals surface area contributed by atoms with Crippen molar-refractivity contribution in [2.24, 2.45) is 0 Å². The number of aromatic nitrogens is 1. The van der Waals surface area contributed by atoms with Crippen molar-refractivity contribution in [2.45, 2.75) is 0 Å². The molecule has 0 saturated heterocycles. The van der Waals surface area contributed by atoms with Gasteiger partial charge in [0.1, 0.15) is 10.7 Å². The molecule has 0 saturated carbocycles. The zero-order valence-corrected chi connectivity index (χ0v) is 15.2. The van der Waals surface area contributed by atoms with Crippen molar-refractivity contribution in [2.75, 3.05) is 19.5 Å². The van der Waals surface area contributed by atoms with Gasteiger partial charge < -0.3 is 14.8 Å². The fraction of sp³-hybridized carbons (Fsp3) is 0.125. The van der Waals surface area contributed by atoms with Crippen molar-refractivity contribution >= 4 is 45.9 Å². The van der Waals surface area contributed by atoms with Crippen molar-refractivity contribution in [3.8, 4) is 21.4 Å². The Hall–Kier alpha value is -2.09. The molecule has 1 N–H and O–H groups in total. The molecule has 0 aliphatic carbocycles. The summed E-state index contributed by atoms with van der Waals surface area (Å²) in [5.41, 5.74) is 0.777. The van der Waals surface area contributed by atoms with Gasteiger partial charge in [0.25, 0.3) is 5.91 Å². The average Bonchev–Trinajstić information content (AvgIpc) is 3.27. The van der Waals surface area contributed by atoms with Gasteiger partial charge in [0.2, 0.25) is 0 Å². The number of anilines is 1. The van der Waals surface area contributed by atoms with Crippen molar-refractivity contribution in [3.63, 3.8) is 0 Å². The van der Waals surface area contributed by atoms with Crippen molar-refractivity contribution in [1.29, 1.82) is 0 Å². The molecule has 3 aromatic rings. The van der Waals surface area contributed by atoms with Crippen LogP contribution in [0.25, 0.3) is 9.88 Å². The number of rotatable bonds is 5. The smallest absolute Gasteiger partial charge is 0.275 e. The molecule has 124 valence electrons. The first-order valence-electron chi connectivity index (χ1n) is 6.84. The van der Waals surface area contributed by atoms with Crippen LogP contribution in [-0.2, 0) is 0 Å². The number of halogens is 1. The Balaban J connectivity index is 1.82. The molecule has 0 atom stereocenters. The Labute approximate surface area is 151 Å². The van der Waals surface area contributed by atoms with E-state index in [0.717, 1.165) is 9.88 Å². The number of thiophene rings is 1. The number of carbonyl (C=O) groups is 1. The van der Waals surface area contributed by atoms with E-state index in [1.807, 2.05) is 17.5 Å². The minimum absolute atomic E-state index is 0.330. The second-order valence-corrected chi connectivity index (χ2v) is 6.87. The van der Waals surface area contributed by atoms with E-state index in [9.17, 15) is 4.79 Å². The van der Waals surface area contributed by atoms with Gasteiger partial charge >= 0.3 is 0 Å². The highest BCUT2D eigenvalue weighted by molar-refractivity contribution is 7.20. The number of nitrogens with zero attached hydrogens (tertiary/aromatic N) is 1. The summed E-state index contributed by atoms with van der Waals surface area (Å²) in [7, 11) is 3.04. The molecule has 0 radical (unpaired) electrons. The number of nitrogens with one attached hydrogen (secondary N) is 1. The third-order valence-electron chi connectivity index (χ3n) is 3.19. The van der Waals surface area contributed by atoms with Gasteiger partial charge in [-0.15, -0.1) is 22.7 Å². The number of benzene rings is 1. The molecule has 1 amide bonds. The van der Waals surface area contributed by atoms with Crippen LogP contribution in [0.1, 0.15) is 10.5 Å². The average molecular weight is 381 g/mol. The van der Waals surface area contributed by atoms with Crippen LogP contribution in [0.2, 0.25) is 5.02 Å². The first kappa shape index (κ1) is 16.8. The van der Waals surface area contributed by atoms with Crippen LogP contribution in [-0.4, -0.2) is 25.1 Å². The van der Waals surface area contributed by atoms with Crippen LogP contribution >= 0.6 is 34.3 Å². The van der Waals surface area contributed by atoms with E-state index >= 15 is 0 Å².